The number of rotatable bonds is 2. The third-order valence-corrected chi connectivity index (χ3v) is 3.08. The molecule has 0 unspecified atom stereocenters. The van der Waals surface area contributed by atoms with Crippen LogP contribution in [0, 0.1) is 0 Å². The van der Waals surface area contributed by atoms with Gasteiger partial charge < -0.3 is 16.0 Å². The maximum atomic E-state index is 11.5. The lowest BCUT2D eigenvalue weighted by atomic mass is 10.1. The summed E-state index contributed by atoms with van der Waals surface area (Å²) in [5.74, 6) is 0.0835. The first-order valence-corrected chi connectivity index (χ1v) is 6.57. The molecule has 0 saturated heterocycles. The van der Waals surface area contributed by atoms with Crippen LogP contribution in [0.5, 0.6) is 0 Å². The van der Waals surface area contributed by atoms with Crippen molar-refractivity contribution < 1.29 is 4.79 Å². The van der Waals surface area contributed by atoms with Crippen LogP contribution in [0.25, 0.3) is 0 Å². The lowest BCUT2D eigenvalue weighted by Crippen LogP contribution is -2.27. The molecule has 96 valence electrons. The van der Waals surface area contributed by atoms with E-state index in [1.165, 1.54) is 5.56 Å². The molecule has 4 nitrogen and oxygen atoms in total. The summed E-state index contributed by atoms with van der Waals surface area (Å²) in [6.45, 7) is 2.78. The van der Waals surface area contributed by atoms with E-state index in [9.17, 15) is 4.79 Å². The molecule has 1 aliphatic rings. The minimum atomic E-state index is 0.0835. The van der Waals surface area contributed by atoms with Crippen molar-refractivity contribution in [2.45, 2.75) is 26.2 Å². The first-order valence-electron chi connectivity index (χ1n) is 6.16. The van der Waals surface area contributed by atoms with Crippen LogP contribution < -0.4 is 16.0 Å². The van der Waals surface area contributed by atoms with E-state index >= 15 is 0 Å². The molecule has 1 aromatic rings. The Labute approximate surface area is 112 Å². The first-order chi connectivity index (χ1) is 8.69. The van der Waals surface area contributed by atoms with Crippen molar-refractivity contribution in [1.82, 2.24) is 5.32 Å². The molecule has 0 spiro atoms. The zero-order valence-electron chi connectivity index (χ0n) is 10.4. The van der Waals surface area contributed by atoms with Gasteiger partial charge in [-0.25, -0.2) is 0 Å². The van der Waals surface area contributed by atoms with Gasteiger partial charge in [-0.1, -0.05) is 6.07 Å². The smallest absolute Gasteiger partial charge is 0.224 e. The number of carbonyl (C=O) groups is 1. The van der Waals surface area contributed by atoms with E-state index < -0.39 is 0 Å². The fourth-order valence-corrected chi connectivity index (χ4v) is 2.24. The Morgan fingerprint density at radius 2 is 2.28 bits per heavy atom. The van der Waals surface area contributed by atoms with E-state index in [1.807, 2.05) is 25.1 Å². The van der Waals surface area contributed by atoms with Gasteiger partial charge >= 0.3 is 0 Å². The fourth-order valence-electron chi connectivity index (χ4n) is 1.98. The van der Waals surface area contributed by atoms with Crippen LogP contribution in [0.15, 0.2) is 18.2 Å². The second kappa shape index (κ2) is 5.82. The van der Waals surface area contributed by atoms with Gasteiger partial charge in [-0.05, 0) is 49.7 Å². The highest BCUT2D eigenvalue weighted by atomic mass is 32.1. The minimum Gasteiger partial charge on any atom is -0.363 e. The maximum Gasteiger partial charge on any atom is 0.224 e. The molecular formula is C13H17N3OS. The average Bonchev–Trinajstić information content (AvgIpc) is 2.49. The number of thiocarbonyl (C=S) groups is 1. The van der Waals surface area contributed by atoms with E-state index in [4.69, 9.17) is 12.2 Å². The average molecular weight is 263 g/mol. The number of fused-ring (bicyclic) bond motifs is 1. The fraction of sp³-hybridized carbons (Fsp3) is 0.385. The molecule has 0 bridgehead atoms. The predicted molar refractivity (Wildman–Crippen MR) is 77.9 cm³/mol. The van der Waals surface area contributed by atoms with Gasteiger partial charge in [0.1, 0.15) is 0 Å². The van der Waals surface area contributed by atoms with Crippen molar-refractivity contribution >= 4 is 34.6 Å². The quantitative estimate of drug-likeness (QED) is 0.717. The summed E-state index contributed by atoms with van der Waals surface area (Å²) >= 11 is 5.13. The Bertz CT molecular complexity index is 473. The van der Waals surface area contributed by atoms with Gasteiger partial charge in [0.25, 0.3) is 0 Å². The zero-order valence-corrected chi connectivity index (χ0v) is 11.2. The van der Waals surface area contributed by atoms with Crippen molar-refractivity contribution in [1.29, 1.82) is 0 Å². The molecule has 0 radical (unpaired) electrons. The summed E-state index contributed by atoms with van der Waals surface area (Å²) in [7, 11) is 0. The van der Waals surface area contributed by atoms with Crippen molar-refractivity contribution in [2.24, 2.45) is 0 Å². The van der Waals surface area contributed by atoms with Crippen molar-refractivity contribution in [3.63, 3.8) is 0 Å². The normalized spacial score (nSPS) is 14.2. The Hall–Kier alpha value is -1.62. The highest BCUT2D eigenvalue weighted by Gasteiger charge is 2.13. The maximum absolute atomic E-state index is 11.5. The van der Waals surface area contributed by atoms with Crippen LogP contribution in [-0.2, 0) is 11.2 Å². The Morgan fingerprint density at radius 1 is 1.44 bits per heavy atom. The molecule has 0 aliphatic carbocycles. The number of nitrogens with one attached hydrogen (secondary N) is 3. The number of carbonyl (C=O) groups excluding carboxylic acids is 1. The molecule has 0 aromatic heterocycles. The lowest BCUT2D eigenvalue weighted by Gasteiger charge is -2.12. The summed E-state index contributed by atoms with van der Waals surface area (Å²) in [5.41, 5.74) is 2.96. The topological polar surface area (TPSA) is 53.2 Å². The monoisotopic (exact) mass is 263 g/mol. The Kier molecular flexibility index (Phi) is 4.15. The van der Waals surface area contributed by atoms with Gasteiger partial charge in [-0.15, -0.1) is 0 Å². The van der Waals surface area contributed by atoms with Crippen LogP contribution in [0.3, 0.4) is 0 Å². The summed E-state index contributed by atoms with van der Waals surface area (Å²) in [6, 6.07) is 5.96. The summed E-state index contributed by atoms with van der Waals surface area (Å²) in [6.07, 6.45) is 2.43. The van der Waals surface area contributed by atoms with E-state index in [1.54, 1.807) is 0 Å². The van der Waals surface area contributed by atoms with Gasteiger partial charge in [-0.3, -0.25) is 4.79 Å². The second-order valence-corrected chi connectivity index (χ2v) is 4.67. The molecule has 18 heavy (non-hydrogen) atoms. The van der Waals surface area contributed by atoms with Gasteiger partial charge in [0, 0.05) is 24.3 Å². The van der Waals surface area contributed by atoms with Crippen LogP contribution in [0.4, 0.5) is 11.4 Å². The standard InChI is InChI=1S/C13H17N3OS/c1-2-14-13(18)15-10-7-6-9-4-3-5-12(17)16-11(9)8-10/h6-8H,2-5H2,1H3,(H,16,17)(H2,14,15,18). The molecule has 3 N–H and O–H groups in total. The summed E-state index contributed by atoms with van der Waals surface area (Å²) < 4.78 is 0. The van der Waals surface area contributed by atoms with Crippen molar-refractivity contribution in [3.8, 4) is 0 Å². The summed E-state index contributed by atoms with van der Waals surface area (Å²) in [4.78, 5) is 11.5. The third-order valence-electron chi connectivity index (χ3n) is 2.83. The van der Waals surface area contributed by atoms with E-state index in [-0.39, 0.29) is 5.91 Å². The van der Waals surface area contributed by atoms with Gasteiger partial charge in [0.2, 0.25) is 5.91 Å². The van der Waals surface area contributed by atoms with Crippen molar-refractivity contribution in [2.75, 3.05) is 17.2 Å². The highest BCUT2D eigenvalue weighted by Crippen LogP contribution is 2.25. The largest absolute Gasteiger partial charge is 0.363 e. The van der Waals surface area contributed by atoms with Crippen LogP contribution >= 0.6 is 12.2 Å². The van der Waals surface area contributed by atoms with Crippen molar-refractivity contribution in [3.05, 3.63) is 23.8 Å². The lowest BCUT2D eigenvalue weighted by molar-refractivity contribution is -0.116. The predicted octanol–water partition coefficient (Wildman–Crippen LogP) is 2.27. The molecule has 5 heteroatoms. The van der Waals surface area contributed by atoms with Crippen LogP contribution in [0.1, 0.15) is 25.3 Å². The first kappa shape index (κ1) is 12.8. The van der Waals surface area contributed by atoms with E-state index in [0.29, 0.717) is 11.5 Å². The highest BCUT2D eigenvalue weighted by molar-refractivity contribution is 7.80. The molecule has 0 fully saturated rings. The van der Waals surface area contributed by atoms with Crippen LogP contribution in [-0.4, -0.2) is 17.6 Å². The SMILES string of the molecule is CCNC(=S)Nc1ccc2c(c1)NC(=O)CCC2. The number of aryl methyl sites for hydroxylation is 1. The van der Waals surface area contributed by atoms with Crippen LogP contribution in [0.2, 0.25) is 0 Å². The van der Waals surface area contributed by atoms with E-state index in [2.05, 4.69) is 16.0 Å². The molecule has 0 atom stereocenters. The Balaban J connectivity index is 2.15. The molecule has 1 amide bonds. The summed E-state index contributed by atoms with van der Waals surface area (Å²) in [5, 5.41) is 9.65. The number of hydrogen-bond donors (Lipinski definition) is 3. The molecule has 1 aromatic carbocycles. The molecule has 2 rings (SSSR count). The third kappa shape index (κ3) is 3.20. The van der Waals surface area contributed by atoms with E-state index in [0.717, 1.165) is 30.8 Å². The number of benzene rings is 1. The molecule has 1 aliphatic heterocycles. The number of anilines is 2. The van der Waals surface area contributed by atoms with Gasteiger partial charge in [0.05, 0.1) is 0 Å². The number of amides is 1. The molecule has 0 saturated carbocycles. The molecule has 1 heterocycles. The number of hydrogen-bond acceptors (Lipinski definition) is 2. The molecular weight excluding hydrogens is 246 g/mol. The zero-order chi connectivity index (χ0) is 13.0. The minimum absolute atomic E-state index is 0.0835. The van der Waals surface area contributed by atoms with Gasteiger partial charge in [-0.2, -0.15) is 0 Å². The second-order valence-electron chi connectivity index (χ2n) is 4.26. The van der Waals surface area contributed by atoms with Gasteiger partial charge in [0.15, 0.2) is 5.11 Å². The Morgan fingerprint density at radius 3 is 3.06 bits per heavy atom.